The molecule has 0 aliphatic rings. The maximum atomic E-state index is 10.7. The number of ether oxygens (including phenoxy) is 1. The van der Waals surface area contributed by atoms with Crippen LogP contribution in [-0.2, 0) is 6.42 Å². The van der Waals surface area contributed by atoms with E-state index < -0.39 is 5.97 Å². The summed E-state index contributed by atoms with van der Waals surface area (Å²) in [6.07, 6.45) is 1.82. The fourth-order valence-corrected chi connectivity index (χ4v) is 1.05. The first-order valence-corrected chi connectivity index (χ1v) is 4.41. The molecule has 1 heterocycles. The predicted molar refractivity (Wildman–Crippen MR) is 49.5 cm³/mol. The molecule has 0 aliphatic carbocycles. The number of hydrogen-bond donors (Lipinski definition) is 1. The van der Waals surface area contributed by atoms with Crippen molar-refractivity contribution in [2.45, 2.75) is 20.3 Å². The summed E-state index contributed by atoms with van der Waals surface area (Å²) in [4.78, 5) is 18.5. The molecule has 14 heavy (non-hydrogen) atoms. The summed E-state index contributed by atoms with van der Waals surface area (Å²) in [5.41, 5.74) is 0.631. The minimum atomic E-state index is -1.01. The average Bonchev–Trinajstić information content (AvgIpc) is 2.17. The number of nitrogens with zero attached hydrogens (tertiary/aromatic N) is 2. The molecule has 5 nitrogen and oxygen atoms in total. The van der Waals surface area contributed by atoms with Crippen molar-refractivity contribution in [1.29, 1.82) is 0 Å². The standard InChI is InChI=1S/C9H12N2O3/c1-3-7-6(8(12)13)5-10-9(11-7)14-4-2/h5H,3-4H2,1-2H3,(H,12,13). The molecule has 0 amide bonds. The first-order valence-electron chi connectivity index (χ1n) is 4.41. The first-order chi connectivity index (χ1) is 6.69. The number of carbonyl (C=O) groups is 1. The Morgan fingerprint density at radius 1 is 1.57 bits per heavy atom. The van der Waals surface area contributed by atoms with Gasteiger partial charge in [0.1, 0.15) is 0 Å². The van der Waals surface area contributed by atoms with E-state index in [-0.39, 0.29) is 11.6 Å². The van der Waals surface area contributed by atoms with Crippen molar-refractivity contribution >= 4 is 5.97 Å². The molecule has 1 rings (SSSR count). The monoisotopic (exact) mass is 196 g/mol. The molecule has 0 radical (unpaired) electrons. The molecule has 1 N–H and O–H groups in total. The van der Waals surface area contributed by atoms with Gasteiger partial charge in [0.15, 0.2) is 0 Å². The van der Waals surface area contributed by atoms with E-state index in [4.69, 9.17) is 9.84 Å². The van der Waals surface area contributed by atoms with Crippen LogP contribution >= 0.6 is 0 Å². The van der Waals surface area contributed by atoms with Crippen molar-refractivity contribution in [2.75, 3.05) is 6.61 Å². The molecule has 76 valence electrons. The smallest absolute Gasteiger partial charge is 0.339 e. The minimum Gasteiger partial charge on any atom is -0.478 e. The molecular formula is C9H12N2O3. The van der Waals surface area contributed by atoms with Crippen LogP contribution in [0.1, 0.15) is 29.9 Å². The van der Waals surface area contributed by atoms with Crippen LogP contribution in [0.5, 0.6) is 6.01 Å². The van der Waals surface area contributed by atoms with Gasteiger partial charge in [-0.3, -0.25) is 0 Å². The number of aromatic carboxylic acids is 1. The summed E-state index contributed by atoms with van der Waals surface area (Å²) >= 11 is 0. The molecule has 0 bridgehead atoms. The second-order valence-electron chi connectivity index (χ2n) is 2.60. The van der Waals surface area contributed by atoms with Gasteiger partial charge in [0, 0.05) is 6.20 Å². The number of hydrogen-bond acceptors (Lipinski definition) is 4. The Balaban J connectivity index is 3.05. The zero-order chi connectivity index (χ0) is 10.6. The van der Waals surface area contributed by atoms with E-state index in [1.54, 1.807) is 0 Å². The van der Waals surface area contributed by atoms with E-state index in [1.165, 1.54) is 6.20 Å². The lowest BCUT2D eigenvalue weighted by Gasteiger charge is -2.04. The second kappa shape index (κ2) is 4.55. The summed E-state index contributed by atoms with van der Waals surface area (Å²) in [7, 11) is 0. The van der Waals surface area contributed by atoms with Crippen molar-refractivity contribution < 1.29 is 14.6 Å². The number of carboxylic acids is 1. The highest BCUT2D eigenvalue weighted by atomic mass is 16.5. The van der Waals surface area contributed by atoms with Gasteiger partial charge in [-0.15, -0.1) is 0 Å². The van der Waals surface area contributed by atoms with Crippen LogP contribution in [0.15, 0.2) is 6.20 Å². The van der Waals surface area contributed by atoms with Crippen molar-refractivity contribution in [3.63, 3.8) is 0 Å². The van der Waals surface area contributed by atoms with Gasteiger partial charge in [-0.1, -0.05) is 6.92 Å². The Hall–Kier alpha value is -1.65. The Bertz CT molecular complexity index is 339. The number of aryl methyl sites for hydroxylation is 1. The summed E-state index contributed by atoms with van der Waals surface area (Å²) in [6, 6.07) is 0.231. The van der Waals surface area contributed by atoms with Gasteiger partial charge >= 0.3 is 12.0 Å². The highest BCUT2D eigenvalue weighted by Crippen LogP contribution is 2.10. The number of aromatic nitrogens is 2. The third-order valence-corrected chi connectivity index (χ3v) is 1.68. The summed E-state index contributed by atoms with van der Waals surface area (Å²) in [6.45, 7) is 4.13. The van der Waals surface area contributed by atoms with E-state index in [9.17, 15) is 4.79 Å². The molecule has 1 aromatic heterocycles. The second-order valence-corrected chi connectivity index (χ2v) is 2.60. The normalized spacial score (nSPS) is 9.86. The largest absolute Gasteiger partial charge is 0.478 e. The quantitative estimate of drug-likeness (QED) is 0.781. The van der Waals surface area contributed by atoms with Gasteiger partial charge < -0.3 is 9.84 Å². The van der Waals surface area contributed by atoms with E-state index in [0.717, 1.165) is 0 Å². The summed E-state index contributed by atoms with van der Waals surface area (Å²) in [5, 5.41) is 8.80. The Morgan fingerprint density at radius 2 is 2.29 bits per heavy atom. The minimum absolute atomic E-state index is 0.135. The molecule has 0 unspecified atom stereocenters. The maximum Gasteiger partial charge on any atom is 0.339 e. The third-order valence-electron chi connectivity index (χ3n) is 1.68. The van der Waals surface area contributed by atoms with Crippen LogP contribution in [0.25, 0.3) is 0 Å². The molecule has 0 saturated carbocycles. The summed E-state index contributed by atoms with van der Waals surface area (Å²) in [5.74, 6) is -1.01. The van der Waals surface area contributed by atoms with Crippen molar-refractivity contribution in [2.24, 2.45) is 0 Å². The first kappa shape index (κ1) is 10.4. The lowest BCUT2D eigenvalue weighted by Crippen LogP contribution is -2.07. The van der Waals surface area contributed by atoms with E-state index >= 15 is 0 Å². The summed E-state index contributed by atoms with van der Waals surface area (Å²) < 4.78 is 5.07. The zero-order valence-corrected chi connectivity index (χ0v) is 8.15. The average molecular weight is 196 g/mol. The molecule has 1 aromatic rings. The van der Waals surface area contributed by atoms with Gasteiger partial charge in [-0.2, -0.15) is 4.98 Å². The van der Waals surface area contributed by atoms with Crippen LogP contribution in [0.2, 0.25) is 0 Å². The van der Waals surface area contributed by atoms with Gasteiger partial charge in [-0.25, -0.2) is 9.78 Å². The van der Waals surface area contributed by atoms with Crippen LogP contribution in [-0.4, -0.2) is 27.7 Å². The van der Waals surface area contributed by atoms with Gasteiger partial charge in [0.05, 0.1) is 17.9 Å². The van der Waals surface area contributed by atoms with E-state index in [2.05, 4.69) is 9.97 Å². The van der Waals surface area contributed by atoms with Gasteiger partial charge in [-0.05, 0) is 13.3 Å². The SMILES string of the molecule is CCOc1ncc(C(=O)O)c(CC)n1. The number of carboxylic acid groups (broad SMARTS) is 1. The lowest BCUT2D eigenvalue weighted by atomic mass is 10.2. The van der Waals surface area contributed by atoms with Crippen LogP contribution in [0, 0.1) is 0 Å². The molecule has 0 aromatic carbocycles. The van der Waals surface area contributed by atoms with E-state index in [0.29, 0.717) is 18.7 Å². The topological polar surface area (TPSA) is 72.3 Å². The Labute approximate surface area is 81.8 Å². The van der Waals surface area contributed by atoms with Crippen molar-refractivity contribution in [3.8, 4) is 6.01 Å². The number of rotatable bonds is 4. The molecule has 0 saturated heterocycles. The molecule has 0 atom stereocenters. The zero-order valence-electron chi connectivity index (χ0n) is 8.15. The Morgan fingerprint density at radius 3 is 2.79 bits per heavy atom. The Kier molecular flexibility index (Phi) is 3.39. The molecule has 0 aliphatic heterocycles. The fraction of sp³-hybridized carbons (Fsp3) is 0.444. The molecular weight excluding hydrogens is 184 g/mol. The third kappa shape index (κ3) is 2.18. The predicted octanol–water partition coefficient (Wildman–Crippen LogP) is 1.14. The highest BCUT2D eigenvalue weighted by molar-refractivity contribution is 5.88. The van der Waals surface area contributed by atoms with Crippen LogP contribution in [0.4, 0.5) is 0 Å². The van der Waals surface area contributed by atoms with Crippen LogP contribution < -0.4 is 4.74 Å². The molecule has 0 spiro atoms. The highest BCUT2D eigenvalue weighted by Gasteiger charge is 2.11. The van der Waals surface area contributed by atoms with Crippen molar-refractivity contribution in [3.05, 3.63) is 17.5 Å². The lowest BCUT2D eigenvalue weighted by molar-refractivity contribution is 0.0694. The van der Waals surface area contributed by atoms with Crippen molar-refractivity contribution in [1.82, 2.24) is 9.97 Å². The van der Waals surface area contributed by atoms with Gasteiger partial charge in [0.25, 0.3) is 0 Å². The fourth-order valence-electron chi connectivity index (χ4n) is 1.05. The molecule has 0 fully saturated rings. The van der Waals surface area contributed by atoms with Crippen LogP contribution in [0.3, 0.4) is 0 Å². The maximum absolute atomic E-state index is 10.7. The molecule has 5 heteroatoms. The van der Waals surface area contributed by atoms with Gasteiger partial charge in [0.2, 0.25) is 0 Å². The van der Waals surface area contributed by atoms with E-state index in [1.807, 2.05) is 13.8 Å².